The van der Waals surface area contributed by atoms with E-state index in [1.165, 1.54) is 0 Å². The number of carboxylic acids is 1. The predicted octanol–water partition coefficient (Wildman–Crippen LogP) is 2.10. The normalized spacial score (nSPS) is 12.3. The van der Waals surface area contributed by atoms with Crippen molar-refractivity contribution in [2.75, 3.05) is 0 Å². The third-order valence-electron chi connectivity index (χ3n) is 2.83. The molecule has 0 radical (unpaired) electrons. The van der Waals surface area contributed by atoms with E-state index >= 15 is 0 Å². The van der Waals surface area contributed by atoms with Gasteiger partial charge in [-0.05, 0) is 41.1 Å². The smallest absolute Gasteiger partial charge is 0.306 e. The topological polar surface area (TPSA) is 80.9 Å². The summed E-state index contributed by atoms with van der Waals surface area (Å²) in [6.45, 7) is 2.12. The lowest BCUT2D eigenvalue weighted by molar-refractivity contribution is -0.141. The molecule has 0 aliphatic heterocycles. The van der Waals surface area contributed by atoms with Gasteiger partial charge in [-0.2, -0.15) is 0 Å². The molecule has 100 valence electrons. The summed E-state index contributed by atoms with van der Waals surface area (Å²) in [6.07, 6.45) is 0.473. The highest BCUT2D eigenvalue weighted by molar-refractivity contribution is 6.30. The van der Waals surface area contributed by atoms with Gasteiger partial charge in [0.05, 0.1) is 5.92 Å². The van der Waals surface area contributed by atoms with Gasteiger partial charge in [0, 0.05) is 17.1 Å². The zero-order valence-corrected chi connectivity index (χ0v) is 11.1. The van der Waals surface area contributed by atoms with Gasteiger partial charge in [0.2, 0.25) is 0 Å². The number of halogens is 1. The van der Waals surface area contributed by atoms with Crippen molar-refractivity contribution in [2.45, 2.75) is 19.9 Å². The summed E-state index contributed by atoms with van der Waals surface area (Å²) in [5.41, 5.74) is 0.845. The number of aliphatic carboxylic acids is 1. The molecule has 0 saturated heterocycles. The van der Waals surface area contributed by atoms with E-state index in [9.17, 15) is 4.79 Å². The van der Waals surface area contributed by atoms with Crippen molar-refractivity contribution in [3.8, 4) is 11.4 Å². The number of tetrazole rings is 1. The lowest BCUT2D eigenvalue weighted by atomic mass is 10.1. The second-order valence-electron chi connectivity index (χ2n) is 4.26. The zero-order chi connectivity index (χ0) is 13.8. The average Bonchev–Trinajstić information content (AvgIpc) is 2.85. The molecule has 6 nitrogen and oxygen atoms in total. The summed E-state index contributed by atoms with van der Waals surface area (Å²) in [5, 5.41) is 20.9. The van der Waals surface area contributed by atoms with Crippen LogP contribution in [0.1, 0.15) is 13.3 Å². The minimum atomic E-state index is -0.818. The molecular weight excluding hydrogens is 268 g/mol. The lowest BCUT2D eigenvalue weighted by Crippen LogP contribution is -2.13. The largest absolute Gasteiger partial charge is 0.481 e. The molecule has 0 aliphatic rings. The Balaban J connectivity index is 2.14. The second-order valence-corrected chi connectivity index (χ2v) is 4.70. The number of aromatic nitrogens is 4. The molecule has 1 atom stereocenters. The molecule has 1 heterocycles. The van der Waals surface area contributed by atoms with Gasteiger partial charge in [0.1, 0.15) is 0 Å². The fourth-order valence-corrected chi connectivity index (χ4v) is 1.73. The van der Waals surface area contributed by atoms with Crippen molar-refractivity contribution < 1.29 is 9.90 Å². The number of benzene rings is 1. The van der Waals surface area contributed by atoms with Crippen LogP contribution >= 0.6 is 11.6 Å². The van der Waals surface area contributed by atoms with Gasteiger partial charge < -0.3 is 5.11 Å². The zero-order valence-electron chi connectivity index (χ0n) is 10.3. The van der Waals surface area contributed by atoms with E-state index in [0.29, 0.717) is 23.8 Å². The van der Waals surface area contributed by atoms with Gasteiger partial charge in [0.25, 0.3) is 0 Å². The average molecular weight is 281 g/mol. The number of hydrogen-bond donors (Lipinski definition) is 1. The number of hydrogen-bond acceptors (Lipinski definition) is 4. The SMILES string of the molecule is CC(CCn1nnnc1-c1ccc(Cl)cc1)C(=O)O. The van der Waals surface area contributed by atoms with Crippen LogP contribution < -0.4 is 0 Å². The highest BCUT2D eigenvalue weighted by Gasteiger charge is 2.14. The van der Waals surface area contributed by atoms with Gasteiger partial charge in [-0.1, -0.05) is 18.5 Å². The maximum absolute atomic E-state index is 10.8. The number of aryl methyl sites for hydroxylation is 1. The van der Waals surface area contributed by atoms with Crippen molar-refractivity contribution in [1.29, 1.82) is 0 Å². The molecule has 0 fully saturated rings. The van der Waals surface area contributed by atoms with Gasteiger partial charge in [-0.25, -0.2) is 4.68 Å². The summed E-state index contributed by atoms with van der Waals surface area (Å²) in [7, 11) is 0. The molecule has 0 bridgehead atoms. The lowest BCUT2D eigenvalue weighted by Gasteiger charge is -2.07. The molecule has 1 aromatic carbocycles. The minimum Gasteiger partial charge on any atom is -0.481 e. The summed E-state index contributed by atoms with van der Waals surface area (Å²) in [5.74, 6) is -0.641. The third-order valence-corrected chi connectivity index (χ3v) is 3.08. The molecule has 0 amide bonds. The van der Waals surface area contributed by atoms with Crippen LogP contribution in [0.25, 0.3) is 11.4 Å². The maximum atomic E-state index is 10.8. The Bertz CT molecular complexity index is 567. The summed E-state index contributed by atoms with van der Waals surface area (Å²) in [4.78, 5) is 10.8. The molecule has 0 aliphatic carbocycles. The standard InChI is InChI=1S/C12H13ClN4O2/c1-8(12(18)19)6-7-17-11(14-15-16-17)9-2-4-10(13)5-3-9/h2-5,8H,6-7H2,1H3,(H,18,19). The summed E-state index contributed by atoms with van der Waals surface area (Å²) < 4.78 is 1.60. The van der Waals surface area contributed by atoms with Crippen LogP contribution in [-0.2, 0) is 11.3 Å². The molecular formula is C12H13ClN4O2. The van der Waals surface area contributed by atoms with Crippen molar-refractivity contribution in [3.05, 3.63) is 29.3 Å². The Morgan fingerprint density at radius 3 is 2.74 bits per heavy atom. The second kappa shape index (κ2) is 5.79. The maximum Gasteiger partial charge on any atom is 0.306 e. The first kappa shape index (κ1) is 13.5. The van der Waals surface area contributed by atoms with E-state index in [0.717, 1.165) is 5.56 Å². The highest BCUT2D eigenvalue weighted by atomic mass is 35.5. The monoisotopic (exact) mass is 280 g/mol. The van der Waals surface area contributed by atoms with E-state index in [4.69, 9.17) is 16.7 Å². The quantitative estimate of drug-likeness (QED) is 0.907. The Hall–Kier alpha value is -1.95. The fraction of sp³-hybridized carbons (Fsp3) is 0.333. The molecule has 2 aromatic rings. The first-order chi connectivity index (χ1) is 9.08. The van der Waals surface area contributed by atoms with Gasteiger partial charge >= 0.3 is 5.97 Å². The Morgan fingerprint density at radius 2 is 2.11 bits per heavy atom. The number of nitrogens with zero attached hydrogens (tertiary/aromatic N) is 4. The molecule has 2 rings (SSSR count). The molecule has 1 N–H and O–H groups in total. The van der Waals surface area contributed by atoms with Crippen LogP contribution in [0.5, 0.6) is 0 Å². The highest BCUT2D eigenvalue weighted by Crippen LogP contribution is 2.19. The van der Waals surface area contributed by atoms with E-state index in [2.05, 4.69) is 15.5 Å². The van der Waals surface area contributed by atoms with E-state index < -0.39 is 11.9 Å². The van der Waals surface area contributed by atoms with Gasteiger partial charge in [-0.3, -0.25) is 4.79 Å². The predicted molar refractivity (Wildman–Crippen MR) is 69.7 cm³/mol. The van der Waals surface area contributed by atoms with Crippen LogP contribution in [0, 0.1) is 5.92 Å². The third kappa shape index (κ3) is 3.29. The number of carbonyl (C=O) groups is 1. The van der Waals surface area contributed by atoms with Crippen LogP contribution in [0.15, 0.2) is 24.3 Å². The minimum absolute atomic E-state index is 0.428. The first-order valence-corrected chi connectivity index (χ1v) is 6.20. The van der Waals surface area contributed by atoms with E-state index in [1.54, 1.807) is 23.7 Å². The Kier molecular flexibility index (Phi) is 4.11. The Morgan fingerprint density at radius 1 is 1.42 bits per heavy atom. The molecule has 7 heteroatoms. The van der Waals surface area contributed by atoms with Crippen molar-refractivity contribution in [1.82, 2.24) is 20.2 Å². The molecule has 0 spiro atoms. The van der Waals surface area contributed by atoms with Crippen LogP contribution in [0.4, 0.5) is 0 Å². The number of rotatable bonds is 5. The number of carboxylic acid groups (broad SMARTS) is 1. The van der Waals surface area contributed by atoms with E-state index in [1.807, 2.05) is 12.1 Å². The van der Waals surface area contributed by atoms with Crippen LogP contribution in [0.2, 0.25) is 5.02 Å². The fourth-order valence-electron chi connectivity index (χ4n) is 1.60. The first-order valence-electron chi connectivity index (χ1n) is 5.83. The molecule has 1 unspecified atom stereocenters. The molecule has 19 heavy (non-hydrogen) atoms. The van der Waals surface area contributed by atoms with Gasteiger partial charge in [0.15, 0.2) is 5.82 Å². The van der Waals surface area contributed by atoms with Crippen molar-refractivity contribution in [2.24, 2.45) is 5.92 Å². The van der Waals surface area contributed by atoms with Crippen LogP contribution in [-0.4, -0.2) is 31.3 Å². The summed E-state index contributed by atoms with van der Waals surface area (Å²) in [6, 6.07) is 7.17. The van der Waals surface area contributed by atoms with E-state index in [-0.39, 0.29) is 0 Å². The van der Waals surface area contributed by atoms with Crippen LogP contribution in [0.3, 0.4) is 0 Å². The molecule has 1 aromatic heterocycles. The summed E-state index contributed by atoms with van der Waals surface area (Å²) >= 11 is 5.83. The van der Waals surface area contributed by atoms with Crippen molar-refractivity contribution >= 4 is 17.6 Å². The molecule has 0 saturated carbocycles. The Labute approximate surface area is 115 Å². The van der Waals surface area contributed by atoms with Crippen molar-refractivity contribution in [3.63, 3.8) is 0 Å². The van der Waals surface area contributed by atoms with Gasteiger partial charge in [-0.15, -0.1) is 5.10 Å².